The van der Waals surface area contributed by atoms with Crippen LogP contribution in [0.2, 0.25) is 0 Å². The van der Waals surface area contributed by atoms with E-state index in [1.807, 2.05) is 0 Å². The summed E-state index contributed by atoms with van der Waals surface area (Å²) in [5.74, 6) is -18.2. The van der Waals surface area contributed by atoms with Gasteiger partial charge < -0.3 is 23.2 Å². The molecule has 21 nitrogen and oxygen atoms in total. The third kappa shape index (κ3) is 14.4. The van der Waals surface area contributed by atoms with E-state index >= 15 is 0 Å². The average Bonchev–Trinajstić information content (AvgIpc) is 3.26. The molecular formula is C44H35F12NO20S5. The van der Waals surface area contributed by atoms with Gasteiger partial charge in [0.25, 0.3) is 16.0 Å². The number of carbonyl (C=O) groups excluding carboxylic acids is 3. The second kappa shape index (κ2) is 23.9. The molecule has 4 N–H and O–H groups in total. The molecule has 0 spiro atoms. The maximum atomic E-state index is 13.9. The van der Waals surface area contributed by atoms with Crippen molar-refractivity contribution in [3.05, 3.63) is 134 Å². The van der Waals surface area contributed by atoms with Crippen molar-refractivity contribution in [1.29, 1.82) is 0 Å². The number of hydrogen-bond donors (Lipinski definition) is 4. The molecule has 0 atom stereocenters. The molecule has 1 amide bonds. The summed E-state index contributed by atoms with van der Waals surface area (Å²) in [7, 11) is -32.5. The van der Waals surface area contributed by atoms with E-state index in [4.69, 9.17) is 18.6 Å². The molecular weight excluding hydrogens is 1250 g/mol. The first kappa shape index (κ1) is 68.9. The molecule has 38 heteroatoms. The summed E-state index contributed by atoms with van der Waals surface area (Å²) in [4.78, 5) is 34.2. The van der Waals surface area contributed by atoms with Crippen molar-refractivity contribution in [1.82, 2.24) is 0 Å². The molecule has 0 heterocycles. The number of halogens is 12. The van der Waals surface area contributed by atoms with Crippen LogP contribution in [0.3, 0.4) is 0 Å². The van der Waals surface area contributed by atoms with Gasteiger partial charge in [0.1, 0.15) is 27.9 Å². The predicted molar refractivity (Wildman–Crippen MR) is 260 cm³/mol. The Morgan fingerprint density at radius 1 is 0.463 bits per heavy atom. The smallest absolute Gasteiger partial charge is 0.423 e. The maximum Gasteiger partial charge on any atom is 0.450 e. The van der Waals surface area contributed by atoms with Gasteiger partial charge in [-0.3, -0.25) is 18.5 Å². The molecule has 0 aliphatic carbocycles. The van der Waals surface area contributed by atoms with E-state index < -0.39 is 113 Å². The van der Waals surface area contributed by atoms with Crippen molar-refractivity contribution in [2.45, 2.75) is 58.5 Å². The standard InChI is InChI=1S/C17H12F6O8S2.C14H12O5S.C13H11F6NO7S2/c1-9(2)14(24)30-12-5-3-11-8-13(6-4-10(11)7-12)31-33(28,29)17(22,23)15(18,19)16(20,21)32(25,26)27;1-9(2)14(15)19-12-7-8-13(20(16,17)18)11-6-4-3-5-10(11)12;1-7(2)10(21)20-8-3-5-9(6-4-8)27-29(25,26)13(18,19)11(14,15)12(16,17)28(22,23)24/h3-8H,1H2,2H3,(H,25,26,27);3-8H,1H2,2H3,(H,16,17,18);3-6H,1H2,2H3,(H,20,21)(H,22,23,24). The van der Waals surface area contributed by atoms with Crippen molar-refractivity contribution in [2.75, 3.05) is 5.32 Å². The first-order valence-corrected chi connectivity index (χ1v) is 27.9. The summed E-state index contributed by atoms with van der Waals surface area (Å²) in [5.41, 5.74) is 0.335. The van der Waals surface area contributed by atoms with Gasteiger partial charge in [0, 0.05) is 33.2 Å². The summed E-state index contributed by atoms with van der Waals surface area (Å²) in [6, 6.07) is 18.0. The van der Waals surface area contributed by atoms with Gasteiger partial charge in [0.15, 0.2) is 0 Å². The molecule has 5 rings (SSSR count). The van der Waals surface area contributed by atoms with Crippen LogP contribution in [-0.4, -0.2) is 106 Å². The fourth-order valence-corrected chi connectivity index (χ4v) is 8.97. The molecule has 5 aromatic carbocycles. The normalized spacial score (nSPS) is 13.0. The fourth-order valence-electron chi connectivity index (χ4n) is 5.42. The van der Waals surface area contributed by atoms with Crippen LogP contribution in [0.15, 0.2) is 138 Å². The van der Waals surface area contributed by atoms with Gasteiger partial charge in [-0.15, -0.1) is 0 Å². The van der Waals surface area contributed by atoms with Gasteiger partial charge in [-0.05, 0) is 92.2 Å². The number of anilines is 1. The number of hydrogen-bond acceptors (Lipinski definition) is 17. The quantitative estimate of drug-likeness (QED) is 0.0150. The Labute approximate surface area is 454 Å². The molecule has 0 aliphatic heterocycles. The average molecular weight is 1290 g/mol. The van der Waals surface area contributed by atoms with Crippen molar-refractivity contribution >= 4 is 95.7 Å². The molecule has 450 valence electrons. The van der Waals surface area contributed by atoms with Gasteiger partial charge in [-0.25, -0.2) is 9.59 Å². The van der Waals surface area contributed by atoms with Gasteiger partial charge in [0.05, 0.1) is 0 Å². The van der Waals surface area contributed by atoms with Crippen LogP contribution in [0.1, 0.15) is 20.8 Å². The SMILES string of the molecule is C=C(C)C(=O)Nc1ccc(OS(=O)(=O)C(F)(F)C(F)(F)C(F)(F)S(=O)(=O)O)cc1.C=C(C)C(=O)Oc1ccc(S(=O)(=O)O)c2ccccc12.C=C(C)C(=O)Oc1ccc2cc(OS(=O)(=O)C(F)(F)C(F)(F)C(F)(F)S(=O)(=O)O)ccc2c1. The third-order valence-electron chi connectivity index (χ3n) is 9.66. The van der Waals surface area contributed by atoms with Gasteiger partial charge >= 0.3 is 85.3 Å². The Hall–Kier alpha value is -7.36. The second-order valence-electron chi connectivity index (χ2n) is 16.1. The van der Waals surface area contributed by atoms with E-state index in [9.17, 15) is 114 Å². The van der Waals surface area contributed by atoms with Crippen molar-refractivity contribution in [3.63, 3.8) is 0 Å². The van der Waals surface area contributed by atoms with E-state index in [0.29, 0.717) is 23.6 Å². The highest BCUT2D eigenvalue weighted by molar-refractivity contribution is 7.89. The minimum absolute atomic E-state index is 0.00964. The highest BCUT2D eigenvalue weighted by Crippen LogP contribution is 2.52. The fraction of sp³-hybridized carbons (Fsp3) is 0.205. The number of benzene rings is 5. The molecule has 0 aromatic heterocycles. The van der Waals surface area contributed by atoms with E-state index in [2.05, 4.69) is 33.4 Å². The zero-order valence-corrected chi connectivity index (χ0v) is 44.8. The molecule has 0 saturated carbocycles. The van der Waals surface area contributed by atoms with Crippen LogP contribution in [-0.2, 0) is 65.0 Å². The van der Waals surface area contributed by atoms with Gasteiger partial charge in [-0.2, -0.15) is 94.8 Å². The molecule has 0 unspecified atom stereocenters. The van der Waals surface area contributed by atoms with Crippen LogP contribution in [0.25, 0.3) is 21.5 Å². The molecule has 5 aromatic rings. The van der Waals surface area contributed by atoms with E-state index in [1.54, 1.807) is 18.2 Å². The summed E-state index contributed by atoms with van der Waals surface area (Å²) >= 11 is 0. The zero-order chi connectivity index (χ0) is 63.6. The van der Waals surface area contributed by atoms with Gasteiger partial charge in [0.2, 0.25) is 0 Å². The lowest BCUT2D eigenvalue weighted by Gasteiger charge is -2.29. The molecule has 0 radical (unpaired) electrons. The first-order chi connectivity index (χ1) is 36.8. The Kier molecular flexibility index (Phi) is 20.0. The summed E-state index contributed by atoms with van der Waals surface area (Å²) in [5, 5.41) is -24.1. The maximum absolute atomic E-state index is 13.9. The van der Waals surface area contributed by atoms with Crippen LogP contribution < -0.4 is 23.2 Å². The molecule has 0 saturated heterocycles. The Bertz CT molecular complexity index is 3970. The second-order valence-corrected chi connectivity index (χ2v) is 23.6. The van der Waals surface area contributed by atoms with E-state index in [1.165, 1.54) is 57.2 Å². The number of alkyl halides is 12. The van der Waals surface area contributed by atoms with E-state index in [0.717, 1.165) is 24.3 Å². The number of esters is 2. The van der Waals surface area contributed by atoms with Crippen LogP contribution in [0.5, 0.6) is 23.0 Å². The molecule has 82 heavy (non-hydrogen) atoms. The summed E-state index contributed by atoms with van der Waals surface area (Å²) in [6.07, 6.45) is 0. The van der Waals surface area contributed by atoms with E-state index in [-0.39, 0.29) is 55.0 Å². The Morgan fingerprint density at radius 2 is 0.841 bits per heavy atom. The summed E-state index contributed by atoms with van der Waals surface area (Å²) < 4.78 is 315. The van der Waals surface area contributed by atoms with Crippen LogP contribution >= 0.6 is 0 Å². The largest absolute Gasteiger partial charge is 0.450 e. The van der Waals surface area contributed by atoms with Crippen molar-refractivity contribution in [3.8, 4) is 23.0 Å². The Morgan fingerprint density at radius 3 is 1.24 bits per heavy atom. The zero-order valence-electron chi connectivity index (χ0n) is 40.7. The van der Waals surface area contributed by atoms with Crippen molar-refractivity contribution < 1.29 is 141 Å². The lowest BCUT2D eigenvalue weighted by molar-refractivity contribution is -0.247. The minimum Gasteiger partial charge on any atom is -0.423 e. The highest BCUT2D eigenvalue weighted by Gasteiger charge is 2.84. The number of ether oxygens (including phenoxy) is 2. The third-order valence-corrected chi connectivity index (χ3v) is 15.0. The number of rotatable bonds is 19. The number of nitrogens with one attached hydrogen (secondary N) is 1. The number of carbonyl (C=O) groups is 3. The van der Waals surface area contributed by atoms with Crippen molar-refractivity contribution in [2.24, 2.45) is 0 Å². The predicted octanol–water partition coefficient (Wildman–Crippen LogP) is 8.93. The first-order valence-electron chi connectivity index (χ1n) is 20.8. The number of amides is 1. The number of fused-ring (bicyclic) bond motifs is 2. The van der Waals surface area contributed by atoms with Crippen LogP contribution in [0, 0.1) is 0 Å². The minimum atomic E-state index is -7.15. The lowest BCUT2D eigenvalue weighted by atomic mass is 10.1. The molecule has 0 fully saturated rings. The van der Waals surface area contributed by atoms with Crippen LogP contribution in [0.4, 0.5) is 58.4 Å². The lowest BCUT2D eigenvalue weighted by Crippen LogP contribution is -2.61. The topological polar surface area (TPSA) is 332 Å². The molecule has 0 bridgehead atoms. The molecule has 0 aliphatic rings. The monoisotopic (exact) mass is 1290 g/mol. The summed E-state index contributed by atoms with van der Waals surface area (Å²) in [6.45, 7) is 14.4. The Balaban J connectivity index is 0.000000332. The van der Waals surface area contributed by atoms with Gasteiger partial charge in [-0.1, -0.05) is 56.1 Å². The highest BCUT2D eigenvalue weighted by atomic mass is 32.2.